The van der Waals surface area contributed by atoms with Gasteiger partial charge in [-0.25, -0.2) is 17.9 Å². The van der Waals surface area contributed by atoms with Crippen LogP contribution in [-0.4, -0.2) is 26.4 Å². The predicted octanol–water partition coefficient (Wildman–Crippen LogP) is 3.56. The standard InChI is InChI=1S/C23H24N2O6S/c1-15-6-11-21(16(2)13-15)25-22(26)17(3)31-23(27)18-7-9-20(10-8-18)32(28,29)24-14-19-5-4-12-30-19/h4-13,17,24H,14H2,1-3H3,(H,25,26). The molecule has 3 rings (SSSR count). The number of hydrogen-bond donors (Lipinski definition) is 2. The van der Waals surface area contributed by atoms with Gasteiger partial charge in [-0.05, 0) is 68.8 Å². The summed E-state index contributed by atoms with van der Waals surface area (Å²) in [6, 6.07) is 14.2. The summed E-state index contributed by atoms with van der Waals surface area (Å²) in [4.78, 5) is 24.8. The summed E-state index contributed by atoms with van der Waals surface area (Å²) in [6.45, 7) is 5.30. The molecule has 1 heterocycles. The van der Waals surface area contributed by atoms with Gasteiger partial charge in [-0.1, -0.05) is 17.7 Å². The molecule has 0 bridgehead atoms. The Morgan fingerprint density at radius 2 is 1.78 bits per heavy atom. The summed E-state index contributed by atoms with van der Waals surface area (Å²) in [5.41, 5.74) is 2.73. The molecule has 1 aromatic heterocycles. The summed E-state index contributed by atoms with van der Waals surface area (Å²) >= 11 is 0. The molecule has 9 heteroatoms. The second kappa shape index (κ2) is 9.80. The summed E-state index contributed by atoms with van der Waals surface area (Å²) in [7, 11) is -3.78. The molecular weight excluding hydrogens is 432 g/mol. The zero-order valence-corrected chi connectivity index (χ0v) is 18.7. The molecule has 2 aromatic carbocycles. The molecule has 0 saturated carbocycles. The van der Waals surface area contributed by atoms with Gasteiger partial charge in [-0.2, -0.15) is 0 Å². The number of hydrogen-bond acceptors (Lipinski definition) is 6. The van der Waals surface area contributed by atoms with Crippen molar-refractivity contribution in [1.82, 2.24) is 4.72 Å². The van der Waals surface area contributed by atoms with Crippen molar-refractivity contribution in [3.63, 3.8) is 0 Å². The van der Waals surface area contributed by atoms with Crippen molar-refractivity contribution in [3.8, 4) is 0 Å². The van der Waals surface area contributed by atoms with Crippen molar-refractivity contribution in [3.05, 3.63) is 83.3 Å². The first-order chi connectivity index (χ1) is 15.2. The van der Waals surface area contributed by atoms with Crippen LogP contribution in [0.2, 0.25) is 0 Å². The van der Waals surface area contributed by atoms with Crippen LogP contribution in [0.1, 0.15) is 34.2 Å². The molecule has 1 atom stereocenters. The summed E-state index contributed by atoms with van der Waals surface area (Å²) in [5, 5.41) is 2.74. The number of carbonyl (C=O) groups excluding carboxylic acids is 2. The van der Waals surface area contributed by atoms with Crippen molar-refractivity contribution < 1.29 is 27.2 Å². The van der Waals surface area contributed by atoms with Gasteiger partial charge in [0.2, 0.25) is 10.0 Å². The molecule has 0 fully saturated rings. The number of esters is 1. The fourth-order valence-electron chi connectivity index (χ4n) is 2.90. The Morgan fingerprint density at radius 3 is 2.41 bits per heavy atom. The lowest BCUT2D eigenvalue weighted by Crippen LogP contribution is -2.30. The minimum absolute atomic E-state index is 0.00616. The lowest BCUT2D eigenvalue weighted by Gasteiger charge is -2.15. The van der Waals surface area contributed by atoms with E-state index in [1.54, 1.807) is 18.2 Å². The third kappa shape index (κ3) is 5.83. The van der Waals surface area contributed by atoms with Crippen LogP contribution in [0.25, 0.3) is 0 Å². The number of aryl methyl sites for hydroxylation is 2. The number of furan rings is 1. The summed E-state index contributed by atoms with van der Waals surface area (Å²) in [6.07, 6.45) is 0.411. The molecule has 0 aliphatic rings. The summed E-state index contributed by atoms with van der Waals surface area (Å²) < 4.78 is 37.5. The number of carbonyl (C=O) groups is 2. The second-order valence-electron chi connectivity index (χ2n) is 7.28. The number of ether oxygens (including phenoxy) is 1. The summed E-state index contributed by atoms with van der Waals surface area (Å²) in [5.74, 6) is -0.728. The van der Waals surface area contributed by atoms with E-state index >= 15 is 0 Å². The first-order valence-electron chi connectivity index (χ1n) is 9.87. The molecule has 2 N–H and O–H groups in total. The van der Waals surface area contributed by atoms with E-state index in [4.69, 9.17) is 9.15 Å². The molecule has 0 saturated heterocycles. The maximum absolute atomic E-state index is 12.4. The van der Waals surface area contributed by atoms with Crippen LogP contribution >= 0.6 is 0 Å². The lowest BCUT2D eigenvalue weighted by atomic mass is 10.1. The van der Waals surface area contributed by atoms with Gasteiger partial charge in [0.15, 0.2) is 6.10 Å². The fraction of sp³-hybridized carbons (Fsp3) is 0.217. The van der Waals surface area contributed by atoms with E-state index in [1.165, 1.54) is 37.5 Å². The molecule has 0 aliphatic heterocycles. The third-order valence-electron chi connectivity index (χ3n) is 4.71. The molecule has 0 radical (unpaired) electrons. The highest BCUT2D eigenvalue weighted by molar-refractivity contribution is 7.89. The van der Waals surface area contributed by atoms with Gasteiger partial charge in [0, 0.05) is 5.69 Å². The number of nitrogens with one attached hydrogen (secondary N) is 2. The zero-order chi connectivity index (χ0) is 23.3. The van der Waals surface area contributed by atoms with Crippen LogP contribution in [0.5, 0.6) is 0 Å². The monoisotopic (exact) mass is 456 g/mol. The van der Waals surface area contributed by atoms with Gasteiger partial charge in [0.1, 0.15) is 5.76 Å². The number of anilines is 1. The average Bonchev–Trinajstić information content (AvgIpc) is 3.28. The maximum Gasteiger partial charge on any atom is 0.338 e. The molecular formula is C23H24N2O6S. The predicted molar refractivity (Wildman–Crippen MR) is 119 cm³/mol. The Bertz CT molecular complexity index is 1200. The van der Waals surface area contributed by atoms with Crippen molar-refractivity contribution in [2.45, 2.75) is 38.3 Å². The minimum Gasteiger partial charge on any atom is -0.468 e. The SMILES string of the molecule is Cc1ccc(NC(=O)C(C)OC(=O)c2ccc(S(=O)(=O)NCc3ccco3)cc2)c(C)c1. The van der Waals surface area contributed by atoms with Gasteiger partial charge >= 0.3 is 5.97 Å². The number of rotatable bonds is 8. The third-order valence-corrected chi connectivity index (χ3v) is 6.13. The van der Waals surface area contributed by atoms with Gasteiger partial charge in [0.05, 0.1) is 23.3 Å². The van der Waals surface area contributed by atoms with Gasteiger partial charge in [-0.3, -0.25) is 4.79 Å². The van der Waals surface area contributed by atoms with E-state index in [1.807, 2.05) is 26.0 Å². The second-order valence-corrected chi connectivity index (χ2v) is 9.05. The molecule has 168 valence electrons. The molecule has 0 aliphatic carbocycles. The van der Waals surface area contributed by atoms with E-state index in [2.05, 4.69) is 10.0 Å². The number of benzene rings is 2. The number of sulfonamides is 1. The highest BCUT2D eigenvalue weighted by atomic mass is 32.2. The van der Waals surface area contributed by atoms with Crippen LogP contribution < -0.4 is 10.0 Å². The van der Waals surface area contributed by atoms with Crippen molar-refractivity contribution in [2.75, 3.05) is 5.32 Å². The van der Waals surface area contributed by atoms with Gasteiger partial charge in [0.25, 0.3) is 5.91 Å². The van der Waals surface area contributed by atoms with E-state index in [0.717, 1.165) is 11.1 Å². The molecule has 0 spiro atoms. The zero-order valence-electron chi connectivity index (χ0n) is 17.9. The normalized spacial score (nSPS) is 12.2. The Balaban J connectivity index is 1.59. The van der Waals surface area contributed by atoms with E-state index in [9.17, 15) is 18.0 Å². The minimum atomic E-state index is -3.78. The van der Waals surface area contributed by atoms with Crippen LogP contribution in [0.3, 0.4) is 0 Å². The Hall–Kier alpha value is -3.43. The van der Waals surface area contributed by atoms with E-state index in [0.29, 0.717) is 11.4 Å². The Kier molecular flexibility index (Phi) is 7.12. The smallest absolute Gasteiger partial charge is 0.338 e. The van der Waals surface area contributed by atoms with Gasteiger partial charge in [-0.15, -0.1) is 0 Å². The first-order valence-corrected chi connectivity index (χ1v) is 11.4. The highest BCUT2D eigenvalue weighted by Gasteiger charge is 2.21. The topological polar surface area (TPSA) is 115 Å². The van der Waals surface area contributed by atoms with Gasteiger partial charge < -0.3 is 14.5 Å². The first kappa shape index (κ1) is 23.2. The fourth-order valence-corrected chi connectivity index (χ4v) is 3.90. The average molecular weight is 457 g/mol. The van der Waals surface area contributed by atoms with Crippen LogP contribution in [-0.2, 0) is 26.1 Å². The van der Waals surface area contributed by atoms with Crippen molar-refractivity contribution in [1.29, 1.82) is 0 Å². The molecule has 8 nitrogen and oxygen atoms in total. The highest BCUT2D eigenvalue weighted by Crippen LogP contribution is 2.17. The largest absolute Gasteiger partial charge is 0.468 e. The van der Waals surface area contributed by atoms with Crippen LogP contribution in [0, 0.1) is 13.8 Å². The Labute approximate surface area is 186 Å². The lowest BCUT2D eigenvalue weighted by molar-refractivity contribution is -0.123. The molecule has 1 unspecified atom stereocenters. The van der Waals surface area contributed by atoms with Crippen molar-refractivity contribution >= 4 is 27.6 Å². The number of amides is 1. The molecule has 32 heavy (non-hydrogen) atoms. The van der Waals surface area contributed by atoms with Crippen LogP contribution in [0.15, 0.2) is 70.2 Å². The molecule has 1 amide bonds. The van der Waals surface area contributed by atoms with Crippen LogP contribution in [0.4, 0.5) is 5.69 Å². The van der Waals surface area contributed by atoms with Crippen molar-refractivity contribution in [2.24, 2.45) is 0 Å². The van der Waals surface area contributed by atoms with E-state index in [-0.39, 0.29) is 17.0 Å². The van der Waals surface area contributed by atoms with E-state index < -0.39 is 28.0 Å². The maximum atomic E-state index is 12.4. The molecule has 3 aromatic rings. The Morgan fingerprint density at radius 1 is 1.06 bits per heavy atom. The quantitative estimate of drug-likeness (QED) is 0.501.